The molecule has 1 amide bonds. The topological polar surface area (TPSA) is 81.7 Å². The van der Waals surface area contributed by atoms with E-state index in [0.29, 0.717) is 17.9 Å². The van der Waals surface area contributed by atoms with Gasteiger partial charge in [0.2, 0.25) is 0 Å². The SMILES string of the molecule is CCOC(=O)c1ccc(NC(=O)COC(=O)C2CCC2)cc1. The Bertz CT molecular complexity index is 548. The smallest absolute Gasteiger partial charge is 0.338 e. The zero-order valence-corrected chi connectivity index (χ0v) is 12.5. The molecule has 0 bridgehead atoms. The van der Waals surface area contributed by atoms with Gasteiger partial charge < -0.3 is 14.8 Å². The van der Waals surface area contributed by atoms with Gasteiger partial charge in [-0.05, 0) is 44.0 Å². The fraction of sp³-hybridized carbons (Fsp3) is 0.438. The summed E-state index contributed by atoms with van der Waals surface area (Å²) in [5.41, 5.74) is 0.939. The molecule has 118 valence electrons. The average Bonchev–Trinajstić information content (AvgIpc) is 2.44. The third kappa shape index (κ3) is 4.31. The molecule has 0 aliphatic heterocycles. The largest absolute Gasteiger partial charge is 0.462 e. The molecule has 1 saturated carbocycles. The number of nitrogens with one attached hydrogen (secondary N) is 1. The van der Waals surface area contributed by atoms with E-state index in [1.165, 1.54) is 0 Å². The Hall–Kier alpha value is -2.37. The highest BCUT2D eigenvalue weighted by molar-refractivity contribution is 5.94. The predicted octanol–water partition coefficient (Wildman–Crippen LogP) is 2.15. The lowest BCUT2D eigenvalue weighted by molar-refractivity contribution is -0.154. The minimum Gasteiger partial charge on any atom is -0.462 e. The summed E-state index contributed by atoms with van der Waals surface area (Å²) >= 11 is 0. The van der Waals surface area contributed by atoms with Gasteiger partial charge in [-0.1, -0.05) is 6.42 Å². The second-order valence-electron chi connectivity index (χ2n) is 5.08. The lowest BCUT2D eigenvalue weighted by atomic mass is 9.86. The van der Waals surface area contributed by atoms with E-state index in [0.717, 1.165) is 19.3 Å². The number of hydrogen-bond acceptors (Lipinski definition) is 5. The van der Waals surface area contributed by atoms with Crippen LogP contribution in [0.4, 0.5) is 5.69 Å². The van der Waals surface area contributed by atoms with Crippen molar-refractivity contribution in [2.45, 2.75) is 26.2 Å². The van der Waals surface area contributed by atoms with Gasteiger partial charge in [-0.3, -0.25) is 9.59 Å². The van der Waals surface area contributed by atoms with E-state index >= 15 is 0 Å². The zero-order valence-electron chi connectivity index (χ0n) is 12.5. The van der Waals surface area contributed by atoms with Crippen LogP contribution in [0.1, 0.15) is 36.5 Å². The summed E-state index contributed by atoms with van der Waals surface area (Å²) in [6.07, 6.45) is 2.73. The minimum atomic E-state index is -0.408. The van der Waals surface area contributed by atoms with Crippen molar-refractivity contribution in [2.75, 3.05) is 18.5 Å². The van der Waals surface area contributed by atoms with Gasteiger partial charge in [0.05, 0.1) is 18.1 Å². The van der Waals surface area contributed by atoms with E-state index in [2.05, 4.69) is 5.32 Å². The third-order valence-corrected chi connectivity index (χ3v) is 3.46. The first kappa shape index (κ1) is 16.0. The molecule has 0 heterocycles. The van der Waals surface area contributed by atoms with Crippen molar-refractivity contribution in [3.8, 4) is 0 Å². The third-order valence-electron chi connectivity index (χ3n) is 3.46. The van der Waals surface area contributed by atoms with Gasteiger partial charge in [-0.2, -0.15) is 0 Å². The van der Waals surface area contributed by atoms with Gasteiger partial charge in [0.15, 0.2) is 6.61 Å². The Labute approximate surface area is 128 Å². The van der Waals surface area contributed by atoms with Crippen LogP contribution in [-0.4, -0.2) is 31.1 Å². The van der Waals surface area contributed by atoms with Crippen molar-refractivity contribution in [3.05, 3.63) is 29.8 Å². The van der Waals surface area contributed by atoms with Crippen molar-refractivity contribution in [1.82, 2.24) is 0 Å². The van der Waals surface area contributed by atoms with Crippen LogP contribution >= 0.6 is 0 Å². The van der Waals surface area contributed by atoms with Crippen molar-refractivity contribution in [3.63, 3.8) is 0 Å². The molecule has 0 spiro atoms. The number of anilines is 1. The molecule has 6 heteroatoms. The van der Waals surface area contributed by atoms with Crippen LogP contribution in [0.5, 0.6) is 0 Å². The Morgan fingerprint density at radius 3 is 2.36 bits per heavy atom. The average molecular weight is 305 g/mol. The maximum atomic E-state index is 11.7. The van der Waals surface area contributed by atoms with Crippen LogP contribution in [0, 0.1) is 5.92 Å². The van der Waals surface area contributed by atoms with Crippen LogP contribution < -0.4 is 5.32 Å². The monoisotopic (exact) mass is 305 g/mol. The molecule has 2 rings (SSSR count). The van der Waals surface area contributed by atoms with Crippen molar-refractivity contribution in [1.29, 1.82) is 0 Å². The first-order valence-electron chi connectivity index (χ1n) is 7.34. The van der Waals surface area contributed by atoms with Gasteiger partial charge in [-0.25, -0.2) is 4.79 Å². The fourth-order valence-corrected chi connectivity index (χ4v) is 2.00. The van der Waals surface area contributed by atoms with Gasteiger partial charge in [0, 0.05) is 5.69 Å². The number of rotatable bonds is 6. The van der Waals surface area contributed by atoms with E-state index in [1.54, 1.807) is 31.2 Å². The Balaban J connectivity index is 1.78. The van der Waals surface area contributed by atoms with E-state index < -0.39 is 11.9 Å². The van der Waals surface area contributed by atoms with Gasteiger partial charge in [-0.15, -0.1) is 0 Å². The lowest BCUT2D eigenvalue weighted by Crippen LogP contribution is -2.28. The fourth-order valence-electron chi connectivity index (χ4n) is 2.00. The lowest BCUT2D eigenvalue weighted by Gasteiger charge is -2.22. The summed E-state index contributed by atoms with van der Waals surface area (Å²) in [5, 5.41) is 2.60. The number of benzene rings is 1. The van der Waals surface area contributed by atoms with Crippen LogP contribution in [0.25, 0.3) is 0 Å². The first-order valence-corrected chi connectivity index (χ1v) is 7.34. The van der Waals surface area contributed by atoms with E-state index in [1.807, 2.05) is 0 Å². The number of hydrogen-bond donors (Lipinski definition) is 1. The number of amides is 1. The molecule has 1 aliphatic carbocycles. The molecule has 22 heavy (non-hydrogen) atoms. The molecular formula is C16H19NO5. The first-order chi connectivity index (χ1) is 10.6. The number of carbonyl (C=O) groups excluding carboxylic acids is 3. The van der Waals surface area contributed by atoms with Crippen LogP contribution in [0.3, 0.4) is 0 Å². The van der Waals surface area contributed by atoms with Gasteiger partial charge >= 0.3 is 11.9 Å². The van der Waals surface area contributed by atoms with Crippen molar-refractivity contribution >= 4 is 23.5 Å². The summed E-state index contributed by atoms with van der Waals surface area (Å²) in [5.74, 6) is -1.16. The molecule has 0 atom stereocenters. The Morgan fingerprint density at radius 2 is 1.82 bits per heavy atom. The highest BCUT2D eigenvalue weighted by Crippen LogP contribution is 2.27. The standard InChI is InChI=1S/C16H19NO5/c1-2-21-15(19)12-6-8-13(9-7-12)17-14(18)10-22-16(20)11-4-3-5-11/h6-9,11H,2-5,10H2,1H3,(H,17,18). The summed E-state index contributed by atoms with van der Waals surface area (Å²) in [6, 6.07) is 6.32. The maximum absolute atomic E-state index is 11.7. The van der Waals surface area contributed by atoms with Gasteiger partial charge in [0.1, 0.15) is 0 Å². The molecule has 1 aromatic rings. The molecule has 1 fully saturated rings. The highest BCUT2D eigenvalue weighted by Gasteiger charge is 2.27. The molecule has 1 aromatic carbocycles. The summed E-state index contributed by atoms with van der Waals surface area (Å²) < 4.78 is 9.82. The van der Waals surface area contributed by atoms with E-state index in [9.17, 15) is 14.4 Å². The number of esters is 2. The summed E-state index contributed by atoms with van der Waals surface area (Å²) in [7, 11) is 0. The molecule has 1 aliphatic rings. The van der Waals surface area contributed by atoms with Crippen LogP contribution in [-0.2, 0) is 19.1 Å². The number of ether oxygens (including phenoxy) is 2. The molecule has 0 aromatic heterocycles. The quantitative estimate of drug-likeness (QED) is 0.814. The molecule has 0 saturated heterocycles. The van der Waals surface area contributed by atoms with Crippen LogP contribution in [0.2, 0.25) is 0 Å². The molecule has 1 N–H and O–H groups in total. The molecule has 6 nitrogen and oxygen atoms in total. The second-order valence-corrected chi connectivity index (χ2v) is 5.08. The van der Waals surface area contributed by atoms with Crippen molar-refractivity contribution < 1.29 is 23.9 Å². The highest BCUT2D eigenvalue weighted by atomic mass is 16.5. The Morgan fingerprint density at radius 1 is 1.14 bits per heavy atom. The minimum absolute atomic E-state index is 0.0448. The van der Waals surface area contributed by atoms with Gasteiger partial charge in [0.25, 0.3) is 5.91 Å². The van der Waals surface area contributed by atoms with E-state index in [4.69, 9.17) is 9.47 Å². The van der Waals surface area contributed by atoms with Crippen molar-refractivity contribution in [2.24, 2.45) is 5.92 Å². The molecule has 0 unspecified atom stereocenters. The molecular weight excluding hydrogens is 286 g/mol. The Kier molecular flexibility index (Phi) is 5.52. The second kappa shape index (κ2) is 7.59. The van der Waals surface area contributed by atoms with Crippen LogP contribution in [0.15, 0.2) is 24.3 Å². The normalized spacial score (nSPS) is 13.9. The molecule has 0 radical (unpaired) electrons. The number of carbonyl (C=O) groups is 3. The summed E-state index contributed by atoms with van der Waals surface area (Å²) in [6.45, 7) is 1.75. The van der Waals surface area contributed by atoms with E-state index in [-0.39, 0.29) is 18.5 Å². The zero-order chi connectivity index (χ0) is 15.9. The maximum Gasteiger partial charge on any atom is 0.338 e. The summed E-state index contributed by atoms with van der Waals surface area (Å²) in [4.78, 5) is 34.7. The predicted molar refractivity (Wildman–Crippen MR) is 79.3 cm³/mol.